The maximum absolute atomic E-state index is 2.38. The van der Waals surface area contributed by atoms with Gasteiger partial charge in [0.25, 0.3) is 0 Å². The number of hydrogen-bond acceptors (Lipinski definition) is 0. The molecule has 0 bridgehead atoms. The van der Waals surface area contributed by atoms with E-state index >= 15 is 0 Å². The summed E-state index contributed by atoms with van der Waals surface area (Å²) in [6.45, 7) is 9.36. The molecule has 0 rings (SSSR count). The van der Waals surface area contributed by atoms with Crippen LogP contribution in [0.4, 0.5) is 0 Å². The summed E-state index contributed by atoms with van der Waals surface area (Å²) >= 11 is 1.35. The lowest BCUT2D eigenvalue weighted by Crippen LogP contribution is -2.13. The summed E-state index contributed by atoms with van der Waals surface area (Å²) in [6.07, 6.45) is 1.39. The van der Waals surface area contributed by atoms with Crippen molar-refractivity contribution in [2.45, 2.75) is 39.4 Å². The van der Waals surface area contributed by atoms with Gasteiger partial charge in [-0.2, -0.15) is 0 Å². The van der Waals surface area contributed by atoms with Crippen LogP contribution in [0.3, 0.4) is 0 Å². The Balaban J connectivity index is 3.58. The van der Waals surface area contributed by atoms with E-state index in [-0.39, 0.29) is 0 Å². The van der Waals surface area contributed by atoms with Gasteiger partial charge in [-0.3, -0.25) is 0 Å². The Hall–Kier alpha value is 0.532. The zero-order chi connectivity index (χ0) is 7.49. The summed E-state index contributed by atoms with van der Waals surface area (Å²) in [5, 5.41) is 1.44. The van der Waals surface area contributed by atoms with Crippen molar-refractivity contribution in [2.75, 3.05) is 0 Å². The number of rotatable bonds is 3. The predicted molar refractivity (Wildman–Crippen MR) is 46.6 cm³/mol. The van der Waals surface area contributed by atoms with Crippen LogP contribution in [0.15, 0.2) is 0 Å². The smallest absolute Gasteiger partial charge is 0.0963 e. The lowest BCUT2D eigenvalue weighted by Gasteiger charge is -2.24. The maximum Gasteiger partial charge on any atom is 0.212 e. The van der Waals surface area contributed by atoms with Gasteiger partial charge >= 0.3 is 0 Å². The first-order chi connectivity index (χ1) is 3.98. The summed E-state index contributed by atoms with van der Waals surface area (Å²) in [6, 6.07) is 0. The van der Waals surface area contributed by atoms with Crippen LogP contribution in [-0.4, -0.2) is 16.3 Å². The van der Waals surface area contributed by atoms with E-state index < -0.39 is 0 Å². The van der Waals surface area contributed by atoms with Gasteiger partial charge in [0.15, 0.2) is 0 Å². The second-order valence-electron chi connectivity index (χ2n) is 4.12. The van der Waals surface area contributed by atoms with Gasteiger partial charge in [-0.05, 0) is 17.8 Å². The van der Waals surface area contributed by atoms with Gasteiger partial charge < -0.3 is 0 Å². The summed E-state index contributed by atoms with van der Waals surface area (Å²) < 4.78 is 0. The molecule has 0 aromatic carbocycles. The van der Waals surface area contributed by atoms with E-state index in [0.717, 1.165) is 5.92 Å². The van der Waals surface area contributed by atoms with E-state index in [9.17, 15) is 0 Å². The fourth-order valence-electron chi connectivity index (χ4n) is 1.25. The van der Waals surface area contributed by atoms with E-state index in [1.807, 2.05) is 0 Å². The van der Waals surface area contributed by atoms with Crippen molar-refractivity contribution in [1.82, 2.24) is 0 Å². The molecule has 0 saturated heterocycles. The minimum absolute atomic E-state index is 0.625. The summed E-state index contributed by atoms with van der Waals surface area (Å²) in [5.41, 5.74) is 0.625. The van der Waals surface area contributed by atoms with Crippen molar-refractivity contribution in [3.8, 4) is 0 Å². The molecule has 0 aliphatic heterocycles. The lowest BCUT2D eigenvalue weighted by molar-refractivity contribution is 0.321. The highest BCUT2D eigenvalue weighted by Crippen LogP contribution is 2.27. The van der Waals surface area contributed by atoms with E-state index in [1.54, 1.807) is 0 Å². The average Bonchev–Trinajstić information content (AvgIpc) is 1.63. The van der Waals surface area contributed by atoms with Crippen LogP contribution in [-0.2, 0) is 0 Å². The molecule has 0 aromatic heterocycles. The molecular weight excluding hydrogens is 123 g/mol. The standard InChI is InChI=1S/C8H17.Al.2H/c1-7(2)6-8(3,4)5;;;/h7H,3,6H2,1-2,4-5H3;;;. The first-order valence-electron chi connectivity index (χ1n) is 3.98. The van der Waals surface area contributed by atoms with E-state index in [2.05, 4.69) is 27.7 Å². The van der Waals surface area contributed by atoms with Crippen LogP contribution in [0.5, 0.6) is 0 Å². The van der Waals surface area contributed by atoms with Gasteiger partial charge in [-0.25, -0.2) is 0 Å². The minimum atomic E-state index is 0.625. The molecule has 0 heterocycles. The summed E-state index contributed by atoms with van der Waals surface area (Å²) in [7, 11) is 0. The molecule has 0 aliphatic rings. The SMILES string of the molecule is CC(C)CC(C)(C)[CH2][AlH2]. The fraction of sp³-hybridized carbons (Fsp3) is 1.00. The molecule has 0 aliphatic carbocycles. The van der Waals surface area contributed by atoms with Crippen LogP contribution in [0.2, 0.25) is 5.28 Å². The monoisotopic (exact) mass is 142 g/mol. The zero-order valence-electron chi connectivity index (χ0n) is 7.49. The Morgan fingerprint density at radius 3 is 1.89 bits per heavy atom. The van der Waals surface area contributed by atoms with Gasteiger partial charge in [0.1, 0.15) is 0 Å². The number of hydrogen-bond donors (Lipinski definition) is 0. The van der Waals surface area contributed by atoms with Crippen LogP contribution >= 0.6 is 0 Å². The molecule has 9 heavy (non-hydrogen) atoms. The highest BCUT2D eigenvalue weighted by molar-refractivity contribution is 6.08. The molecule has 0 amide bonds. The third kappa shape index (κ3) is 5.00. The van der Waals surface area contributed by atoms with E-state index in [1.165, 1.54) is 28.0 Å². The van der Waals surface area contributed by atoms with E-state index in [4.69, 9.17) is 0 Å². The van der Waals surface area contributed by atoms with Crippen molar-refractivity contribution in [3.05, 3.63) is 0 Å². The fourth-order valence-corrected chi connectivity index (χ4v) is 1.54. The molecule has 54 valence electrons. The quantitative estimate of drug-likeness (QED) is 0.529. The molecule has 0 N–H and O–H groups in total. The van der Waals surface area contributed by atoms with Gasteiger partial charge in [0.2, 0.25) is 16.3 Å². The van der Waals surface area contributed by atoms with Crippen molar-refractivity contribution >= 4 is 16.3 Å². The van der Waals surface area contributed by atoms with Crippen molar-refractivity contribution in [1.29, 1.82) is 0 Å². The molecule has 0 saturated carbocycles. The normalized spacial score (nSPS) is 12.6. The molecule has 0 aromatic rings. The van der Waals surface area contributed by atoms with E-state index in [0.29, 0.717) is 5.41 Å². The third-order valence-corrected chi connectivity index (χ3v) is 3.83. The first kappa shape index (κ1) is 9.53. The van der Waals surface area contributed by atoms with Gasteiger partial charge in [0.05, 0.1) is 0 Å². The van der Waals surface area contributed by atoms with Crippen LogP contribution in [0.25, 0.3) is 0 Å². The van der Waals surface area contributed by atoms with Gasteiger partial charge in [-0.15, -0.1) is 0 Å². The second-order valence-corrected chi connectivity index (χ2v) is 4.82. The Bertz CT molecular complexity index is 74.6. The van der Waals surface area contributed by atoms with Crippen molar-refractivity contribution < 1.29 is 0 Å². The van der Waals surface area contributed by atoms with Crippen molar-refractivity contribution in [3.63, 3.8) is 0 Å². The Kier molecular flexibility index (Phi) is 3.86. The molecular formula is C8H19Al. The van der Waals surface area contributed by atoms with Crippen molar-refractivity contribution in [2.24, 2.45) is 11.3 Å². The molecule has 0 atom stereocenters. The molecule has 0 spiro atoms. The molecule has 0 unspecified atom stereocenters. The van der Waals surface area contributed by atoms with Gasteiger partial charge in [-0.1, -0.05) is 33.0 Å². The molecule has 0 nitrogen and oxygen atoms in total. The first-order valence-corrected chi connectivity index (χ1v) is 5.39. The van der Waals surface area contributed by atoms with Crippen LogP contribution in [0, 0.1) is 11.3 Å². The average molecular weight is 142 g/mol. The summed E-state index contributed by atoms with van der Waals surface area (Å²) in [4.78, 5) is 0. The molecule has 1 heteroatoms. The Morgan fingerprint density at radius 2 is 1.78 bits per heavy atom. The highest BCUT2D eigenvalue weighted by atomic mass is 27.0. The Morgan fingerprint density at radius 1 is 1.33 bits per heavy atom. The van der Waals surface area contributed by atoms with Crippen LogP contribution < -0.4 is 0 Å². The predicted octanol–water partition coefficient (Wildman–Crippen LogP) is 2.11. The Labute approximate surface area is 67.5 Å². The summed E-state index contributed by atoms with van der Waals surface area (Å²) in [5.74, 6) is 0.869. The molecule has 0 fully saturated rings. The highest BCUT2D eigenvalue weighted by Gasteiger charge is 2.15. The zero-order valence-corrected chi connectivity index (χ0v) is 9.49. The lowest BCUT2D eigenvalue weighted by atomic mass is 9.86. The topological polar surface area (TPSA) is 0 Å². The largest absolute Gasteiger partial charge is 0.212 e. The minimum Gasteiger partial charge on any atom is -0.0963 e. The van der Waals surface area contributed by atoms with Crippen LogP contribution in [0.1, 0.15) is 34.1 Å². The third-order valence-electron chi connectivity index (χ3n) is 1.92. The molecule has 0 radical (unpaired) electrons. The maximum atomic E-state index is 2.38. The van der Waals surface area contributed by atoms with Gasteiger partial charge in [0, 0.05) is 0 Å². The second kappa shape index (κ2) is 3.64.